The summed E-state index contributed by atoms with van der Waals surface area (Å²) in [5.41, 5.74) is 2.25. The molecule has 2 saturated heterocycles. The Balaban J connectivity index is 0.00000182. The lowest BCUT2D eigenvalue weighted by Crippen LogP contribution is -2.40. The number of rotatable bonds is 5. The first-order chi connectivity index (χ1) is 11.9. The highest BCUT2D eigenvalue weighted by Gasteiger charge is 2.42. The number of carbonyl (C=O) groups excluding carboxylic acids is 1. The summed E-state index contributed by atoms with van der Waals surface area (Å²) in [7, 11) is 0. The van der Waals surface area contributed by atoms with Crippen LogP contribution < -0.4 is 10.6 Å². The smallest absolute Gasteiger partial charge is 0.262 e. The minimum atomic E-state index is -2.78. The second kappa shape index (κ2) is 10.6. The Morgan fingerprint density at radius 3 is 2.52 bits per heavy atom. The minimum absolute atomic E-state index is 0. The molecule has 2 unspecified atom stereocenters. The van der Waals surface area contributed by atoms with Crippen molar-refractivity contribution >= 4 is 30.7 Å². The van der Waals surface area contributed by atoms with Crippen molar-refractivity contribution in [2.24, 2.45) is 5.92 Å². The zero-order valence-electron chi connectivity index (χ0n) is 15.5. The van der Waals surface area contributed by atoms with E-state index in [4.69, 9.17) is 0 Å². The van der Waals surface area contributed by atoms with Gasteiger partial charge in [0.15, 0.2) is 0 Å². The zero-order chi connectivity index (χ0) is 17.9. The Bertz CT molecular complexity index is 601. The third-order valence-electron chi connectivity index (χ3n) is 5.06. The van der Waals surface area contributed by atoms with E-state index in [0.717, 1.165) is 31.1 Å². The summed E-state index contributed by atoms with van der Waals surface area (Å²) < 4.78 is 26.3. The Labute approximate surface area is 172 Å². The summed E-state index contributed by atoms with van der Waals surface area (Å²) in [4.78, 5) is 14.4. The van der Waals surface area contributed by atoms with Crippen LogP contribution in [0.4, 0.5) is 8.78 Å². The minimum Gasteiger partial charge on any atom is -0.351 e. The van der Waals surface area contributed by atoms with E-state index in [0.29, 0.717) is 6.54 Å². The third-order valence-corrected chi connectivity index (χ3v) is 5.06. The van der Waals surface area contributed by atoms with Gasteiger partial charge in [0.25, 0.3) is 5.92 Å². The molecule has 2 heterocycles. The van der Waals surface area contributed by atoms with E-state index >= 15 is 0 Å². The molecule has 2 aliphatic rings. The van der Waals surface area contributed by atoms with Crippen molar-refractivity contribution in [1.29, 1.82) is 0 Å². The third kappa shape index (κ3) is 7.18. The lowest BCUT2D eigenvalue weighted by atomic mass is 9.99. The maximum atomic E-state index is 13.1. The first-order valence-electron chi connectivity index (χ1n) is 9.10. The molecule has 0 bridgehead atoms. The SMILES string of the molecule is CC1CCCN(Cc2ccc(CNC(=O)C3CC(F)(F)CN3)cc2)C1.Cl.Cl. The highest BCUT2D eigenvalue weighted by Crippen LogP contribution is 2.25. The monoisotopic (exact) mass is 423 g/mol. The lowest BCUT2D eigenvalue weighted by Gasteiger charge is -2.30. The van der Waals surface area contributed by atoms with E-state index in [1.165, 1.54) is 18.4 Å². The molecule has 8 heteroatoms. The summed E-state index contributed by atoms with van der Waals surface area (Å²) >= 11 is 0. The number of piperidine rings is 1. The topological polar surface area (TPSA) is 44.4 Å². The maximum Gasteiger partial charge on any atom is 0.262 e. The van der Waals surface area contributed by atoms with Crippen LogP contribution in [0.15, 0.2) is 24.3 Å². The Kier molecular flexibility index (Phi) is 9.42. The van der Waals surface area contributed by atoms with Crippen LogP contribution in [-0.4, -0.2) is 42.4 Å². The van der Waals surface area contributed by atoms with Gasteiger partial charge in [0.1, 0.15) is 0 Å². The first kappa shape index (κ1) is 24.1. The fourth-order valence-electron chi connectivity index (χ4n) is 3.66. The average Bonchev–Trinajstić information content (AvgIpc) is 2.94. The quantitative estimate of drug-likeness (QED) is 0.762. The number of benzene rings is 1. The van der Waals surface area contributed by atoms with Gasteiger partial charge < -0.3 is 5.32 Å². The van der Waals surface area contributed by atoms with Crippen molar-refractivity contribution in [3.8, 4) is 0 Å². The first-order valence-corrected chi connectivity index (χ1v) is 9.10. The van der Waals surface area contributed by atoms with Gasteiger partial charge >= 0.3 is 0 Å². The molecular formula is C19H29Cl2F2N3O. The molecule has 3 rings (SSSR count). The van der Waals surface area contributed by atoms with Crippen molar-refractivity contribution in [1.82, 2.24) is 15.5 Å². The summed E-state index contributed by atoms with van der Waals surface area (Å²) in [6.07, 6.45) is 2.16. The molecule has 2 aliphatic heterocycles. The van der Waals surface area contributed by atoms with Gasteiger partial charge in [-0.05, 0) is 36.4 Å². The van der Waals surface area contributed by atoms with E-state index in [9.17, 15) is 13.6 Å². The van der Waals surface area contributed by atoms with Gasteiger partial charge in [0.05, 0.1) is 12.6 Å². The highest BCUT2D eigenvalue weighted by atomic mass is 35.5. The van der Waals surface area contributed by atoms with Crippen molar-refractivity contribution in [3.05, 3.63) is 35.4 Å². The van der Waals surface area contributed by atoms with Crippen LogP contribution in [0.3, 0.4) is 0 Å². The average molecular weight is 424 g/mol. The standard InChI is InChI=1S/C19H27F2N3O.2ClH/c1-14-3-2-8-24(11-14)12-16-6-4-15(5-7-16)10-22-18(25)17-9-19(20,21)13-23-17;;/h4-7,14,17,23H,2-3,8-13H2,1H3,(H,22,25);2*1H. The predicted octanol–water partition coefficient (Wildman–Crippen LogP) is 3.38. The number of hydrogen-bond donors (Lipinski definition) is 2. The van der Waals surface area contributed by atoms with Crippen LogP contribution in [0.1, 0.15) is 37.3 Å². The lowest BCUT2D eigenvalue weighted by molar-refractivity contribution is -0.123. The molecule has 0 spiro atoms. The van der Waals surface area contributed by atoms with E-state index in [1.54, 1.807) is 0 Å². The van der Waals surface area contributed by atoms with Crippen LogP contribution in [0, 0.1) is 5.92 Å². The normalized spacial score (nSPS) is 24.6. The second-order valence-electron chi connectivity index (χ2n) is 7.51. The number of halogens is 4. The number of amides is 1. The van der Waals surface area contributed by atoms with Crippen LogP contribution in [-0.2, 0) is 17.9 Å². The van der Waals surface area contributed by atoms with Crippen LogP contribution in [0.2, 0.25) is 0 Å². The molecule has 154 valence electrons. The molecule has 1 aromatic carbocycles. The summed E-state index contributed by atoms with van der Waals surface area (Å²) in [6, 6.07) is 7.38. The molecule has 4 nitrogen and oxygen atoms in total. The molecule has 0 saturated carbocycles. The number of nitrogens with one attached hydrogen (secondary N) is 2. The molecule has 2 atom stereocenters. The molecule has 27 heavy (non-hydrogen) atoms. The molecule has 2 fully saturated rings. The van der Waals surface area contributed by atoms with E-state index < -0.39 is 24.9 Å². The largest absolute Gasteiger partial charge is 0.351 e. The molecular weight excluding hydrogens is 395 g/mol. The fraction of sp³-hybridized carbons (Fsp3) is 0.632. The number of hydrogen-bond acceptors (Lipinski definition) is 3. The molecule has 0 aliphatic carbocycles. The van der Waals surface area contributed by atoms with Crippen LogP contribution in [0.5, 0.6) is 0 Å². The number of carbonyl (C=O) groups is 1. The van der Waals surface area contributed by atoms with Crippen molar-refractivity contribution in [3.63, 3.8) is 0 Å². The Hall–Kier alpha value is -0.950. The van der Waals surface area contributed by atoms with Gasteiger partial charge in [0.2, 0.25) is 5.91 Å². The fourth-order valence-corrected chi connectivity index (χ4v) is 3.66. The Morgan fingerprint density at radius 2 is 1.93 bits per heavy atom. The van der Waals surface area contributed by atoms with E-state index in [1.807, 2.05) is 12.1 Å². The maximum absolute atomic E-state index is 13.1. The van der Waals surface area contributed by atoms with Gasteiger partial charge in [-0.15, -0.1) is 24.8 Å². The van der Waals surface area contributed by atoms with Crippen LogP contribution in [0.25, 0.3) is 0 Å². The van der Waals surface area contributed by atoms with Crippen molar-refractivity contribution in [2.45, 2.75) is 51.2 Å². The van der Waals surface area contributed by atoms with Gasteiger partial charge in [-0.2, -0.15) is 0 Å². The van der Waals surface area contributed by atoms with Gasteiger partial charge in [-0.25, -0.2) is 8.78 Å². The number of nitrogens with zero attached hydrogens (tertiary/aromatic N) is 1. The molecule has 0 radical (unpaired) electrons. The highest BCUT2D eigenvalue weighted by molar-refractivity contribution is 5.85. The summed E-state index contributed by atoms with van der Waals surface area (Å²) in [5, 5.41) is 5.31. The zero-order valence-corrected chi connectivity index (χ0v) is 17.2. The number of alkyl halides is 2. The molecule has 1 aromatic rings. The van der Waals surface area contributed by atoms with Gasteiger partial charge in [0, 0.05) is 26.1 Å². The van der Waals surface area contributed by atoms with Crippen molar-refractivity contribution in [2.75, 3.05) is 19.6 Å². The van der Waals surface area contributed by atoms with Gasteiger partial charge in [-0.1, -0.05) is 31.2 Å². The van der Waals surface area contributed by atoms with E-state index in [-0.39, 0.29) is 30.7 Å². The molecule has 1 amide bonds. The van der Waals surface area contributed by atoms with Crippen LogP contribution >= 0.6 is 24.8 Å². The van der Waals surface area contributed by atoms with Crippen molar-refractivity contribution < 1.29 is 13.6 Å². The number of likely N-dealkylation sites (tertiary alicyclic amines) is 1. The second-order valence-corrected chi connectivity index (χ2v) is 7.51. The van der Waals surface area contributed by atoms with E-state index in [2.05, 4.69) is 34.6 Å². The van der Waals surface area contributed by atoms with Gasteiger partial charge in [-0.3, -0.25) is 15.0 Å². The molecule has 2 N–H and O–H groups in total. The Morgan fingerprint density at radius 1 is 1.26 bits per heavy atom. The summed E-state index contributed by atoms with van der Waals surface area (Å²) in [5.74, 6) is -2.38. The summed E-state index contributed by atoms with van der Waals surface area (Å²) in [6.45, 7) is 5.50. The molecule has 0 aromatic heterocycles. The predicted molar refractivity (Wildman–Crippen MR) is 108 cm³/mol.